The topological polar surface area (TPSA) is 29.0 Å². The van der Waals surface area contributed by atoms with Crippen LogP contribution in [-0.4, -0.2) is 23.1 Å². The van der Waals surface area contributed by atoms with Crippen LogP contribution in [0.3, 0.4) is 0 Å². The normalized spacial score (nSPS) is 21.9. The van der Waals surface area contributed by atoms with Gasteiger partial charge in [-0.2, -0.15) is 0 Å². The minimum absolute atomic E-state index is 0.341. The van der Waals surface area contributed by atoms with E-state index in [9.17, 15) is 0 Å². The van der Waals surface area contributed by atoms with Crippen LogP contribution in [0.15, 0.2) is 12.3 Å². The first-order valence-corrected chi connectivity index (χ1v) is 6.41. The lowest BCUT2D eigenvalue weighted by molar-refractivity contribution is 0.459. The van der Waals surface area contributed by atoms with E-state index in [4.69, 9.17) is 11.6 Å². The average molecular weight is 240 g/mol. The third kappa shape index (κ3) is 2.85. The molecular weight excluding hydrogens is 222 g/mol. The fourth-order valence-electron chi connectivity index (χ4n) is 2.30. The molecule has 2 heterocycles. The molecule has 0 bridgehead atoms. The van der Waals surface area contributed by atoms with Crippen LogP contribution in [0, 0.1) is 5.92 Å². The molecule has 1 fully saturated rings. The van der Waals surface area contributed by atoms with Gasteiger partial charge in [0.05, 0.1) is 0 Å². The predicted octanol–water partition coefficient (Wildman–Crippen LogP) is 3.15. The molecule has 3 nitrogen and oxygen atoms in total. The van der Waals surface area contributed by atoms with Crippen molar-refractivity contribution in [1.82, 2.24) is 9.97 Å². The van der Waals surface area contributed by atoms with Crippen molar-refractivity contribution in [2.45, 2.75) is 32.6 Å². The predicted molar refractivity (Wildman–Crippen MR) is 66.9 cm³/mol. The second-order valence-corrected chi connectivity index (χ2v) is 4.71. The average Bonchev–Trinajstić information content (AvgIpc) is 2.54. The Morgan fingerprint density at radius 3 is 3.06 bits per heavy atom. The summed E-state index contributed by atoms with van der Waals surface area (Å²) in [6.07, 6.45) is 6.87. The van der Waals surface area contributed by atoms with Crippen molar-refractivity contribution < 1.29 is 0 Å². The van der Waals surface area contributed by atoms with Crippen molar-refractivity contribution in [1.29, 1.82) is 0 Å². The van der Waals surface area contributed by atoms with Gasteiger partial charge in [-0.1, -0.05) is 13.3 Å². The molecule has 1 aliphatic rings. The van der Waals surface area contributed by atoms with Gasteiger partial charge in [0.25, 0.3) is 0 Å². The highest BCUT2D eigenvalue weighted by atomic mass is 35.5. The van der Waals surface area contributed by atoms with Crippen LogP contribution in [0.4, 0.5) is 5.82 Å². The molecule has 0 N–H and O–H groups in total. The molecule has 0 radical (unpaired) electrons. The molecule has 1 aromatic heterocycles. The number of nitrogens with zero attached hydrogens (tertiary/aromatic N) is 3. The first-order valence-electron chi connectivity index (χ1n) is 6.03. The molecular formula is C12H18ClN3. The molecule has 88 valence electrons. The Balaban J connectivity index is 2.04. The SMILES string of the molecule is CCC1CCCN(c2ccnc(Cl)n2)CC1. The largest absolute Gasteiger partial charge is 0.356 e. The van der Waals surface area contributed by atoms with Gasteiger partial charge in [-0.15, -0.1) is 0 Å². The van der Waals surface area contributed by atoms with Crippen LogP contribution in [0.25, 0.3) is 0 Å². The molecule has 4 heteroatoms. The summed E-state index contributed by atoms with van der Waals surface area (Å²) < 4.78 is 0. The summed E-state index contributed by atoms with van der Waals surface area (Å²) in [4.78, 5) is 10.5. The lowest BCUT2D eigenvalue weighted by Gasteiger charge is -2.21. The van der Waals surface area contributed by atoms with Gasteiger partial charge in [-0.25, -0.2) is 9.97 Å². The molecule has 0 saturated carbocycles. The zero-order valence-corrected chi connectivity index (χ0v) is 10.5. The van der Waals surface area contributed by atoms with Crippen LogP contribution in [0.2, 0.25) is 5.28 Å². The minimum atomic E-state index is 0.341. The first-order chi connectivity index (χ1) is 7.79. The van der Waals surface area contributed by atoms with Gasteiger partial charge in [0.15, 0.2) is 0 Å². The van der Waals surface area contributed by atoms with Gasteiger partial charge < -0.3 is 4.90 Å². The number of rotatable bonds is 2. The zero-order valence-electron chi connectivity index (χ0n) is 9.69. The quantitative estimate of drug-likeness (QED) is 0.743. The van der Waals surface area contributed by atoms with Crippen molar-refractivity contribution in [2.24, 2.45) is 5.92 Å². The smallest absolute Gasteiger partial charge is 0.224 e. The van der Waals surface area contributed by atoms with Gasteiger partial charge >= 0.3 is 0 Å². The number of anilines is 1. The summed E-state index contributed by atoms with van der Waals surface area (Å²) in [5, 5.41) is 0.341. The third-order valence-corrected chi connectivity index (χ3v) is 3.54. The van der Waals surface area contributed by atoms with E-state index >= 15 is 0 Å². The molecule has 1 aromatic rings. The Bertz CT molecular complexity index is 343. The lowest BCUT2D eigenvalue weighted by atomic mass is 9.98. The molecule has 1 atom stereocenters. The fraction of sp³-hybridized carbons (Fsp3) is 0.667. The van der Waals surface area contributed by atoms with E-state index in [-0.39, 0.29) is 0 Å². The van der Waals surface area contributed by atoms with Crippen molar-refractivity contribution in [3.8, 4) is 0 Å². The molecule has 0 amide bonds. The standard InChI is InChI=1S/C12H18ClN3/c1-2-10-4-3-8-16(9-6-10)11-5-7-14-12(13)15-11/h5,7,10H,2-4,6,8-9H2,1H3. The van der Waals surface area contributed by atoms with Crippen molar-refractivity contribution in [3.63, 3.8) is 0 Å². The number of halogens is 1. The molecule has 1 aliphatic heterocycles. The van der Waals surface area contributed by atoms with E-state index in [1.807, 2.05) is 6.07 Å². The van der Waals surface area contributed by atoms with Gasteiger partial charge in [-0.3, -0.25) is 0 Å². The molecule has 1 unspecified atom stereocenters. The maximum Gasteiger partial charge on any atom is 0.224 e. The summed E-state index contributed by atoms with van der Waals surface area (Å²) in [6.45, 7) is 4.46. The molecule has 0 spiro atoms. The minimum Gasteiger partial charge on any atom is -0.356 e. The van der Waals surface area contributed by atoms with Gasteiger partial charge in [-0.05, 0) is 42.8 Å². The highest BCUT2D eigenvalue weighted by Gasteiger charge is 2.16. The van der Waals surface area contributed by atoms with Gasteiger partial charge in [0, 0.05) is 19.3 Å². The Kier molecular flexibility index (Phi) is 3.99. The Hall–Kier alpha value is -0.830. The number of aromatic nitrogens is 2. The van der Waals surface area contributed by atoms with Crippen molar-refractivity contribution in [2.75, 3.05) is 18.0 Å². The van der Waals surface area contributed by atoms with E-state index in [1.54, 1.807) is 6.20 Å². The summed E-state index contributed by atoms with van der Waals surface area (Å²) in [6, 6.07) is 1.94. The monoisotopic (exact) mass is 239 g/mol. The Morgan fingerprint density at radius 2 is 2.31 bits per heavy atom. The number of hydrogen-bond donors (Lipinski definition) is 0. The highest BCUT2D eigenvalue weighted by Crippen LogP contribution is 2.23. The summed E-state index contributed by atoms with van der Waals surface area (Å²) >= 11 is 5.81. The molecule has 2 rings (SSSR count). The Labute approximate surface area is 102 Å². The van der Waals surface area contributed by atoms with Crippen LogP contribution in [0.5, 0.6) is 0 Å². The van der Waals surface area contributed by atoms with Gasteiger partial charge in [0.2, 0.25) is 5.28 Å². The summed E-state index contributed by atoms with van der Waals surface area (Å²) in [7, 11) is 0. The van der Waals surface area contributed by atoms with E-state index in [0.29, 0.717) is 5.28 Å². The first kappa shape index (κ1) is 11.6. The Morgan fingerprint density at radius 1 is 1.44 bits per heavy atom. The summed E-state index contributed by atoms with van der Waals surface area (Å²) in [5.74, 6) is 1.85. The second-order valence-electron chi connectivity index (χ2n) is 4.38. The van der Waals surface area contributed by atoms with Crippen molar-refractivity contribution in [3.05, 3.63) is 17.5 Å². The van der Waals surface area contributed by atoms with Crippen LogP contribution < -0.4 is 4.90 Å². The number of hydrogen-bond acceptors (Lipinski definition) is 3. The highest BCUT2D eigenvalue weighted by molar-refractivity contribution is 6.28. The van der Waals surface area contributed by atoms with E-state index < -0.39 is 0 Å². The van der Waals surface area contributed by atoms with E-state index in [2.05, 4.69) is 21.8 Å². The van der Waals surface area contributed by atoms with Crippen molar-refractivity contribution >= 4 is 17.4 Å². The maximum atomic E-state index is 5.81. The van der Waals surface area contributed by atoms with Crippen LogP contribution in [0.1, 0.15) is 32.6 Å². The summed E-state index contributed by atoms with van der Waals surface area (Å²) in [5.41, 5.74) is 0. The van der Waals surface area contributed by atoms with E-state index in [0.717, 1.165) is 24.8 Å². The fourth-order valence-corrected chi connectivity index (χ4v) is 2.45. The lowest BCUT2D eigenvalue weighted by Crippen LogP contribution is -2.25. The molecule has 1 saturated heterocycles. The van der Waals surface area contributed by atoms with E-state index in [1.165, 1.54) is 25.7 Å². The molecule has 0 aromatic carbocycles. The third-order valence-electron chi connectivity index (χ3n) is 3.36. The van der Waals surface area contributed by atoms with Gasteiger partial charge in [0.1, 0.15) is 5.82 Å². The zero-order chi connectivity index (χ0) is 11.4. The maximum absolute atomic E-state index is 5.81. The van der Waals surface area contributed by atoms with Crippen LogP contribution >= 0.6 is 11.6 Å². The van der Waals surface area contributed by atoms with Crippen LogP contribution in [-0.2, 0) is 0 Å². The molecule has 0 aliphatic carbocycles. The molecule has 16 heavy (non-hydrogen) atoms. The second kappa shape index (κ2) is 5.48.